The van der Waals surface area contributed by atoms with Gasteiger partial charge in [0.1, 0.15) is 5.82 Å². The van der Waals surface area contributed by atoms with Crippen molar-refractivity contribution in [3.63, 3.8) is 0 Å². The summed E-state index contributed by atoms with van der Waals surface area (Å²) in [6.07, 6.45) is 7.59. The highest BCUT2D eigenvalue weighted by atomic mass is 16.2. The van der Waals surface area contributed by atoms with Crippen molar-refractivity contribution < 1.29 is 4.79 Å². The standard InChI is InChI=1S/C19H27N7O/c1-25-13-16(18(24-25)14-4-2-8-20-12-14)19(27)26-10-6-15(7-11-26)22-17-5-3-9-21-23-17/h3,5,9,13-15,20H,2,4,6-8,10-12H2,1H3,(H,22,23). The number of aromatic nitrogens is 4. The lowest BCUT2D eigenvalue weighted by Crippen LogP contribution is -2.43. The van der Waals surface area contributed by atoms with Crippen molar-refractivity contribution in [2.45, 2.75) is 37.6 Å². The van der Waals surface area contributed by atoms with Crippen LogP contribution in [0.2, 0.25) is 0 Å². The first kappa shape index (κ1) is 17.9. The summed E-state index contributed by atoms with van der Waals surface area (Å²) < 4.78 is 1.78. The van der Waals surface area contributed by atoms with Crippen molar-refractivity contribution in [2.24, 2.45) is 7.05 Å². The summed E-state index contributed by atoms with van der Waals surface area (Å²) in [5.41, 5.74) is 1.72. The van der Waals surface area contributed by atoms with Gasteiger partial charge in [0.2, 0.25) is 0 Å². The minimum Gasteiger partial charge on any atom is -0.366 e. The Bertz CT molecular complexity index is 762. The van der Waals surface area contributed by atoms with Crippen molar-refractivity contribution in [3.8, 4) is 0 Å². The molecule has 0 aromatic carbocycles. The molecule has 0 bridgehead atoms. The van der Waals surface area contributed by atoms with Gasteiger partial charge >= 0.3 is 0 Å². The Hall–Kier alpha value is -2.48. The van der Waals surface area contributed by atoms with E-state index in [4.69, 9.17) is 0 Å². The zero-order valence-corrected chi connectivity index (χ0v) is 15.8. The number of hydrogen-bond donors (Lipinski definition) is 2. The van der Waals surface area contributed by atoms with Gasteiger partial charge in [0.25, 0.3) is 5.91 Å². The summed E-state index contributed by atoms with van der Waals surface area (Å²) in [5, 5.41) is 19.4. The van der Waals surface area contributed by atoms with E-state index < -0.39 is 0 Å². The van der Waals surface area contributed by atoms with Crippen molar-refractivity contribution in [1.29, 1.82) is 0 Å². The van der Waals surface area contributed by atoms with E-state index in [9.17, 15) is 4.79 Å². The van der Waals surface area contributed by atoms with Gasteiger partial charge in [0, 0.05) is 51.0 Å². The molecule has 2 aromatic rings. The quantitative estimate of drug-likeness (QED) is 0.847. The number of anilines is 1. The Balaban J connectivity index is 1.39. The first-order valence-electron chi connectivity index (χ1n) is 9.78. The second kappa shape index (κ2) is 8.04. The number of piperidine rings is 2. The number of carbonyl (C=O) groups excluding carboxylic acids is 1. The zero-order valence-electron chi connectivity index (χ0n) is 15.8. The largest absolute Gasteiger partial charge is 0.366 e. The van der Waals surface area contributed by atoms with Crippen LogP contribution >= 0.6 is 0 Å². The number of aryl methyl sites for hydroxylation is 1. The molecule has 144 valence electrons. The fourth-order valence-electron chi connectivity index (χ4n) is 4.04. The van der Waals surface area contributed by atoms with Crippen molar-refractivity contribution in [1.82, 2.24) is 30.2 Å². The monoisotopic (exact) mass is 369 g/mol. The van der Waals surface area contributed by atoms with Gasteiger partial charge in [-0.1, -0.05) is 0 Å². The molecule has 2 saturated heterocycles. The topological polar surface area (TPSA) is 88.0 Å². The molecular weight excluding hydrogens is 342 g/mol. The molecule has 27 heavy (non-hydrogen) atoms. The van der Waals surface area contributed by atoms with Crippen LogP contribution in [-0.4, -0.2) is 63.0 Å². The van der Waals surface area contributed by atoms with Crippen LogP contribution < -0.4 is 10.6 Å². The van der Waals surface area contributed by atoms with Crippen LogP contribution in [0.3, 0.4) is 0 Å². The number of rotatable bonds is 4. The first-order chi connectivity index (χ1) is 13.2. The minimum absolute atomic E-state index is 0.113. The molecule has 8 nitrogen and oxygen atoms in total. The third kappa shape index (κ3) is 4.10. The highest BCUT2D eigenvalue weighted by Gasteiger charge is 2.29. The average Bonchev–Trinajstić information content (AvgIpc) is 3.11. The van der Waals surface area contributed by atoms with Crippen molar-refractivity contribution >= 4 is 11.7 Å². The first-order valence-corrected chi connectivity index (χ1v) is 9.78. The lowest BCUT2D eigenvalue weighted by molar-refractivity contribution is 0.0716. The predicted octanol–water partition coefficient (Wildman–Crippen LogP) is 1.39. The van der Waals surface area contributed by atoms with Gasteiger partial charge in [-0.05, 0) is 44.4 Å². The number of amides is 1. The van der Waals surface area contributed by atoms with Crippen LogP contribution in [0, 0.1) is 0 Å². The van der Waals surface area contributed by atoms with Crippen molar-refractivity contribution in [2.75, 3.05) is 31.5 Å². The molecular formula is C19H27N7O. The van der Waals surface area contributed by atoms with E-state index in [1.165, 1.54) is 0 Å². The van der Waals surface area contributed by atoms with Gasteiger partial charge in [-0.25, -0.2) is 0 Å². The molecule has 8 heteroatoms. The molecule has 2 fully saturated rings. The Kier molecular flexibility index (Phi) is 5.33. The maximum Gasteiger partial charge on any atom is 0.257 e. The van der Waals surface area contributed by atoms with Crippen LogP contribution in [0.4, 0.5) is 5.82 Å². The van der Waals surface area contributed by atoms with E-state index in [-0.39, 0.29) is 5.91 Å². The summed E-state index contributed by atoms with van der Waals surface area (Å²) in [6, 6.07) is 4.12. The van der Waals surface area contributed by atoms with E-state index in [1.54, 1.807) is 10.9 Å². The third-order valence-electron chi connectivity index (χ3n) is 5.48. The van der Waals surface area contributed by atoms with E-state index in [0.29, 0.717) is 12.0 Å². The Labute approximate surface area is 159 Å². The average molecular weight is 369 g/mol. The molecule has 0 radical (unpaired) electrons. The second-order valence-electron chi connectivity index (χ2n) is 7.46. The van der Waals surface area contributed by atoms with Gasteiger partial charge in [0.15, 0.2) is 0 Å². The van der Waals surface area contributed by atoms with Gasteiger partial charge in [0.05, 0.1) is 11.3 Å². The van der Waals surface area contributed by atoms with E-state index in [1.807, 2.05) is 30.3 Å². The lowest BCUT2D eigenvalue weighted by atomic mass is 9.93. The van der Waals surface area contributed by atoms with E-state index >= 15 is 0 Å². The van der Waals surface area contributed by atoms with Crippen LogP contribution in [0.5, 0.6) is 0 Å². The van der Waals surface area contributed by atoms with E-state index in [2.05, 4.69) is 25.9 Å². The third-order valence-corrected chi connectivity index (χ3v) is 5.48. The molecule has 2 aliphatic heterocycles. The molecule has 0 spiro atoms. The number of hydrogen-bond acceptors (Lipinski definition) is 6. The van der Waals surface area contributed by atoms with Crippen LogP contribution in [0.15, 0.2) is 24.5 Å². The lowest BCUT2D eigenvalue weighted by Gasteiger charge is -2.33. The van der Waals surface area contributed by atoms with Gasteiger partial charge < -0.3 is 15.5 Å². The maximum atomic E-state index is 13.2. The summed E-state index contributed by atoms with van der Waals surface area (Å²) >= 11 is 0. The van der Waals surface area contributed by atoms with Crippen molar-refractivity contribution in [3.05, 3.63) is 35.8 Å². The van der Waals surface area contributed by atoms with E-state index in [0.717, 1.165) is 68.9 Å². The predicted molar refractivity (Wildman–Crippen MR) is 103 cm³/mol. The normalized spacial score (nSPS) is 21.2. The maximum absolute atomic E-state index is 13.2. The molecule has 2 aliphatic rings. The molecule has 2 aromatic heterocycles. The molecule has 0 saturated carbocycles. The molecule has 4 heterocycles. The Morgan fingerprint density at radius 1 is 1.30 bits per heavy atom. The summed E-state index contributed by atoms with van der Waals surface area (Å²) in [5.74, 6) is 1.23. The van der Waals surface area contributed by atoms with Gasteiger partial charge in [-0.3, -0.25) is 9.48 Å². The molecule has 0 aliphatic carbocycles. The Morgan fingerprint density at radius 3 is 2.85 bits per heavy atom. The van der Waals surface area contributed by atoms with Gasteiger partial charge in [-0.2, -0.15) is 10.2 Å². The minimum atomic E-state index is 0.113. The Morgan fingerprint density at radius 2 is 2.15 bits per heavy atom. The molecule has 2 N–H and O–H groups in total. The molecule has 1 unspecified atom stereocenters. The highest BCUT2D eigenvalue weighted by Crippen LogP contribution is 2.26. The fraction of sp³-hybridized carbons (Fsp3) is 0.579. The fourth-order valence-corrected chi connectivity index (χ4v) is 4.04. The molecule has 4 rings (SSSR count). The number of likely N-dealkylation sites (tertiary alicyclic amines) is 1. The van der Waals surface area contributed by atoms with Crippen LogP contribution in [0.1, 0.15) is 47.7 Å². The summed E-state index contributed by atoms with van der Waals surface area (Å²) in [6.45, 7) is 3.45. The molecule has 1 amide bonds. The smallest absolute Gasteiger partial charge is 0.257 e. The van der Waals surface area contributed by atoms with Gasteiger partial charge in [-0.15, -0.1) is 5.10 Å². The summed E-state index contributed by atoms with van der Waals surface area (Å²) in [4.78, 5) is 15.1. The number of nitrogens with zero attached hydrogens (tertiary/aromatic N) is 5. The zero-order chi connectivity index (χ0) is 18.6. The van der Waals surface area contributed by atoms with Crippen LogP contribution in [-0.2, 0) is 7.05 Å². The number of carbonyl (C=O) groups is 1. The highest BCUT2D eigenvalue weighted by molar-refractivity contribution is 5.95. The SMILES string of the molecule is Cn1cc(C(=O)N2CCC(Nc3cccnn3)CC2)c(C2CCCNC2)n1. The summed E-state index contributed by atoms with van der Waals surface area (Å²) in [7, 11) is 1.90. The van der Waals surface area contributed by atoms with Crippen LogP contribution in [0.25, 0.3) is 0 Å². The molecule has 1 atom stereocenters. The number of nitrogens with one attached hydrogen (secondary N) is 2. The second-order valence-corrected chi connectivity index (χ2v) is 7.46.